The molecule has 4 aromatic rings. The van der Waals surface area contributed by atoms with Gasteiger partial charge in [-0.3, -0.25) is 14.5 Å². The van der Waals surface area contributed by atoms with Gasteiger partial charge in [-0.25, -0.2) is 18.7 Å². The monoisotopic (exact) mass is 647 g/mol. The zero-order valence-electron chi connectivity index (χ0n) is 27.2. The number of benzene rings is 3. The van der Waals surface area contributed by atoms with Crippen LogP contribution in [0.1, 0.15) is 40.5 Å². The largest absolute Gasteiger partial charge is 0.493 e. The predicted molar refractivity (Wildman–Crippen MR) is 174 cm³/mol. The molecule has 1 fully saturated rings. The zero-order valence-corrected chi connectivity index (χ0v) is 27.2. The Balaban J connectivity index is 1.43. The third-order valence-corrected chi connectivity index (χ3v) is 8.85. The smallest absolute Gasteiger partial charge is 0.247 e. The number of halogens is 2. The van der Waals surface area contributed by atoms with Crippen LogP contribution in [0.4, 0.5) is 20.2 Å². The maximum absolute atomic E-state index is 15.7. The molecule has 1 aliphatic carbocycles. The van der Waals surface area contributed by atoms with Crippen LogP contribution in [-0.4, -0.2) is 60.0 Å². The summed E-state index contributed by atoms with van der Waals surface area (Å²) in [7, 11) is 1.52. The van der Waals surface area contributed by atoms with E-state index < -0.39 is 34.3 Å². The normalized spacial score (nSPS) is 16.6. The first-order valence-electron chi connectivity index (χ1n) is 15.5. The third kappa shape index (κ3) is 6.55. The van der Waals surface area contributed by atoms with E-state index in [2.05, 4.69) is 28.7 Å². The molecule has 0 spiro atoms. The molecule has 5 rings (SSSR count). The van der Waals surface area contributed by atoms with Gasteiger partial charge in [0, 0.05) is 24.4 Å². The topological polar surface area (TPSA) is 120 Å². The van der Waals surface area contributed by atoms with Gasteiger partial charge < -0.3 is 24.8 Å². The van der Waals surface area contributed by atoms with Crippen molar-refractivity contribution in [2.45, 2.75) is 40.5 Å². The van der Waals surface area contributed by atoms with E-state index in [1.54, 1.807) is 26.0 Å². The maximum atomic E-state index is 15.7. The van der Waals surface area contributed by atoms with Crippen LogP contribution in [0, 0.1) is 22.5 Å². The van der Waals surface area contributed by atoms with Gasteiger partial charge in [0.25, 0.3) is 0 Å². The van der Waals surface area contributed by atoms with Gasteiger partial charge in [-0.1, -0.05) is 27.7 Å². The highest BCUT2D eigenvalue weighted by Crippen LogP contribution is 2.64. The lowest BCUT2D eigenvalue weighted by Crippen LogP contribution is -2.44. The average molecular weight is 648 g/mol. The molecule has 47 heavy (non-hydrogen) atoms. The molecule has 0 bridgehead atoms. The number of carbonyl (C=O) groups excluding carboxylic acids is 2. The number of nitrogens with two attached hydrogens (primary N) is 1. The van der Waals surface area contributed by atoms with E-state index in [0.717, 1.165) is 32.1 Å². The van der Waals surface area contributed by atoms with Crippen molar-refractivity contribution in [3.05, 3.63) is 72.6 Å². The second-order valence-electron chi connectivity index (χ2n) is 12.1. The molecule has 1 saturated carbocycles. The van der Waals surface area contributed by atoms with Crippen LogP contribution in [0.5, 0.6) is 23.1 Å². The molecule has 248 valence electrons. The summed E-state index contributed by atoms with van der Waals surface area (Å²) in [5.41, 5.74) is 4.37. The number of carbonyl (C=O) groups is 2. The first-order chi connectivity index (χ1) is 22.4. The van der Waals surface area contributed by atoms with Gasteiger partial charge in [-0.15, -0.1) is 0 Å². The molecular weight excluding hydrogens is 608 g/mol. The van der Waals surface area contributed by atoms with Crippen LogP contribution in [0.25, 0.3) is 10.9 Å². The Bertz CT molecular complexity index is 1780. The van der Waals surface area contributed by atoms with Crippen molar-refractivity contribution in [2.75, 3.05) is 38.3 Å². The van der Waals surface area contributed by atoms with Gasteiger partial charge in [0.15, 0.2) is 23.1 Å². The minimum absolute atomic E-state index is 0.0758. The second-order valence-corrected chi connectivity index (χ2v) is 12.1. The van der Waals surface area contributed by atoms with Crippen molar-refractivity contribution in [3.63, 3.8) is 0 Å². The molecule has 0 saturated heterocycles. The number of amides is 2. The van der Waals surface area contributed by atoms with Gasteiger partial charge in [0.2, 0.25) is 17.7 Å². The molecule has 3 aromatic carbocycles. The second kappa shape index (κ2) is 13.5. The molecule has 1 atom stereocenters. The third-order valence-electron chi connectivity index (χ3n) is 8.85. The Morgan fingerprint density at radius 1 is 0.936 bits per heavy atom. The summed E-state index contributed by atoms with van der Waals surface area (Å²) in [5, 5.41) is 0.464. The molecule has 12 heteroatoms. The molecule has 0 radical (unpaired) electrons. The zero-order chi connectivity index (χ0) is 33.9. The summed E-state index contributed by atoms with van der Waals surface area (Å²) in [5.74, 6) is -1.88. The minimum atomic E-state index is -1.50. The molecule has 1 aliphatic rings. The van der Waals surface area contributed by atoms with E-state index in [4.69, 9.17) is 19.9 Å². The lowest BCUT2D eigenvalue weighted by Gasteiger charge is -2.28. The molecule has 0 aliphatic heterocycles. The summed E-state index contributed by atoms with van der Waals surface area (Å²) in [6.45, 7) is 11.1. The Kier molecular flexibility index (Phi) is 9.62. The standard InChI is InChI=1S/C35H39F2N5O5/c1-6-41(7-2)15-8-16-46-30-19-27-25(18-29(30)45-5)31(40-21-39-27)47-28-14-13-24(17-26(28)37)42(23-11-9-22(36)10-12-23)33(44)35(32(38)43)20-34(35,3)4/h9-14,17-19,21H,6-8,15-16,20H2,1-5H3,(H2,38,43). The minimum Gasteiger partial charge on any atom is -0.493 e. The number of rotatable bonds is 14. The highest BCUT2D eigenvalue weighted by molar-refractivity contribution is 6.17. The number of aromatic nitrogens is 2. The molecule has 10 nitrogen and oxygen atoms in total. The summed E-state index contributed by atoms with van der Waals surface area (Å²) >= 11 is 0. The van der Waals surface area contributed by atoms with E-state index in [0.29, 0.717) is 29.0 Å². The van der Waals surface area contributed by atoms with Crippen LogP contribution in [0.2, 0.25) is 0 Å². The van der Waals surface area contributed by atoms with Crippen molar-refractivity contribution in [1.29, 1.82) is 0 Å². The number of fused-ring (bicyclic) bond motifs is 1. The van der Waals surface area contributed by atoms with E-state index in [9.17, 15) is 14.0 Å². The quantitative estimate of drug-likeness (QED) is 0.124. The van der Waals surface area contributed by atoms with Crippen molar-refractivity contribution in [1.82, 2.24) is 14.9 Å². The highest BCUT2D eigenvalue weighted by atomic mass is 19.1. The van der Waals surface area contributed by atoms with Crippen molar-refractivity contribution in [2.24, 2.45) is 16.6 Å². The lowest BCUT2D eigenvalue weighted by molar-refractivity contribution is -0.134. The predicted octanol–water partition coefficient (Wildman–Crippen LogP) is 6.39. The van der Waals surface area contributed by atoms with Crippen LogP contribution >= 0.6 is 0 Å². The average Bonchev–Trinajstić information content (AvgIpc) is 3.66. The Morgan fingerprint density at radius 3 is 2.21 bits per heavy atom. The molecule has 1 aromatic heterocycles. The number of nitrogens with zero attached hydrogens (tertiary/aromatic N) is 4. The van der Waals surface area contributed by atoms with Crippen molar-refractivity contribution in [3.8, 4) is 23.1 Å². The first kappa shape index (κ1) is 33.5. The fourth-order valence-electron chi connectivity index (χ4n) is 5.89. The number of methoxy groups -OCH3 is 1. The molecule has 2 N–H and O–H groups in total. The van der Waals surface area contributed by atoms with Crippen LogP contribution < -0.4 is 24.8 Å². The molecule has 1 heterocycles. The van der Waals surface area contributed by atoms with Gasteiger partial charge in [0.05, 0.1) is 30.3 Å². The van der Waals surface area contributed by atoms with E-state index >= 15 is 4.39 Å². The summed E-state index contributed by atoms with van der Waals surface area (Å²) in [4.78, 5) is 38.6. The first-order valence-corrected chi connectivity index (χ1v) is 15.5. The lowest BCUT2D eigenvalue weighted by atomic mass is 9.92. The van der Waals surface area contributed by atoms with Gasteiger partial charge >= 0.3 is 0 Å². The summed E-state index contributed by atoms with van der Waals surface area (Å²) in [6, 6.07) is 12.4. The number of hydrogen-bond donors (Lipinski definition) is 1. The fraction of sp³-hybridized carbons (Fsp3) is 0.371. The van der Waals surface area contributed by atoms with Crippen molar-refractivity contribution >= 4 is 34.1 Å². The number of ether oxygens (including phenoxy) is 3. The van der Waals surface area contributed by atoms with E-state index in [1.807, 2.05) is 0 Å². The molecule has 2 amide bonds. The molecule has 1 unspecified atom stereocenters. The molecular formula is C35H39F2N5O5. The highest BCUT2D eigenvalue weighted by Gasteiger charge is 2.71. The summed E-state index contributed by atoms with van der Waals surface area (Å²) < 4.78 is 47.0. The Labute approximate surface area is 272 Å². The van der Waals surface area contributed by atoms with Gasteiger partial charge in [0.1, 0.15) is 17.6 Å². The maximum Gasteiger partial charge on any atom is 0.247 e. The van der Waals surface area contributed by atoms with E-state index in [1.165, 1.54) is 54.7 Å². The number of anilines is 2. The van der Waals surface area contributed by atoms with E-state index in [-0.39, 0.29) is 29.4 Å². The van der Waals surface area contributed by atoms with Crippen LogP contribution in [0.15, 0.2) is 60.9 Å². The van der Waals surface area contributed by atoms with Crippen LogP contribution in [-0.2, 0) is 9.59 Å². The fourth-order valence-corrected chi connectivity index (χ4v) is 5.89. The Hall–Kier alpha value is -4.84. The van der Waals surface area contributed by atoms with Crippen LogP contribution in [0.3, 0.4) is 0 Å². The van der Waals surface area contributed by atoms with Gasteiger partial charge in [-0.2, -0.15) is 0 Å². The number of primary amides is 1. The summed E-state index contributed by atoms with van der Waals surface area (Å²) in [6.07, 6.45) is 2.36. The van der Waals surface area contributed by atoms with Crippen molar-refractivity contribution < 1.29 is 32.6 Å². The number of hydrogen-bond acceptors (Lipinski definition) is 8. The van der Waals surface area contributed by atoms with Gasteiger partial charge in [-0.05, 0) is 73.8 Å². The Morgan fingerprint density at radius 2 is 1.62 bits per heavy atom. The SMILES string of the molecule is CCN(CC)CCCOc1cc2ncnc(Oc3ccc(N(C(=O)C4(C(N)=O)CC4(C)C)c4ccc(F)cc4)cc3F)c2cc1OC.